The second-order valence-corrected chi connectivity index (χ2v) is 5.21. The molecule has 0 bridgehead atoms. The van der Waals surface area contributed by atoms with Crippen LogP contribution in [0.15, 0.2) is 24.3 Å². The number of carboxylic acids is 1. The highest BCUT2D eigenvalue weighted by Gasteiger charge is 2.21. The quantitative estimate of drug-likeness (QED) is 0.740. The first-order valence-corrected chi connectivity index (χ1v) is 7.12. The van der Waals surface area contributed by atoms with E-state index >= 15 is 0 Å². The normalized spacial score (nSPS) is 13.6. The van der Waals surface area contributed by atoms with Crippen LogP contribution in [0.5, 0.6) is 0 Å². The molecule has 5 nitrogen and oxygen atoms in total. The van der Waals surface area contributed by atoms with E-state index in [1.807, 2.05) is 24.5 Å². The van der Waals surface area contributed by atoms with Gasteiger partial charge >= 0.3 is 5.97 Å². The Morgan fingerprint density at radius 2 is 2.05 bits per heavy atom. The molecule has 0 aromatic heterocycles. The molecular weight excluding hydrogens is 264 g/mol. The van der Waals surface area contributed by atoms with E-state index in [9.17, 15) is 9.59 Å². The van der Waals surface area contributed by atoms with E-state index in [2.05, 4.69) is 5.32 Å². The summed E-state index contributed by atoms with van der Waals surface area (Å²) in [5.74, 6) is -1.18. The van der Waals surface area contributed by atoms with E-state index in [0.29, 0.717) is 12.1 Å². The van der Waals surface area contributed by atoms with Gasteiger partial charge in [0.05, 0.1) is 0 Å². The highest BCUT2D eigenvalue weighted by Crippen LogP contribution is 2.35. The highest BCUT2D eigenvalue weighted by molar-refractivity contribution is 7.98. The lowest BCUT2D eigenvalue weighted by Gasteiger charge is -2.20. The number of hydrogen-bond donors (Lipinski definition) is 3. The molecule has 1 rings (SSSR count). The predicted molar refractivity (Wildman–Crippen MR) is 77.2 cm³/mol. The van der Waals surface area contributed by atoms with Gasteiger partial charge in [-0.25, -0.2) is 0 Å². The van der Waals surface area contributed by atoms with Crippen molar-refractivity contribution >= 4 is 29.3 Å². The van der Waals surface area contributed by atoms with Crippen molar-refractivity contribution in [1.82, 2.24) is 0 Å². The summed E-state index contributed by atoms with van der Waals surface area (Å²) in [5.41, 5.74) is 7.17. The molecule has 0 aliphatic heterocycles. The first-order chi connectivity index (χ1) is 8.95. The van der Waals surface area contributed by atoms with E-state index in [1.54, 1.807) is 6.07 Å². The van der Waals surface area contributed by atoms with Crippen LogP contribution in [0.4, 0.5) is 5.69 Å². The number of carbonyl (C=O) groups is 2. The van der Waals surface area contributed by atoms with Crippen LogP contribution in [0, 0.1) is 0 Å². The molecule has 0 radical (unpaired) electrons. The lowest BCUT2D eigenvalue weighted by atomic mass is 10.0. The van der Waals surface area contributed by atoms with E-state index in [1.165, 1.54) is 18.7 Å². The van der Waals surface area contributed by atoms with Gasteiger partial charge in [-0.05, 0) is 24.3 Å². The van der Waals surface area contributed by atoms with Crippen molar-refractivity contribution in [2.24, 2.45) is 5.73 Å². The van der Waals surface area contributed by atoms with Crippen molar-refractivity contribution in [3.8, 4) is 0 Å². The maximum absolute atomic E-state index is 11.2. The molecule has 2 unspecified atom stereocenters. The molecule has 4 N–H and O–H groups in total. The number of amides is 1. The van der Waals surface area contributed by atoms with E-state index in [4.69, 9.17) is 10.8 Å². The SMILES string of the molecule is CSC(CC(N)C(=O)O)c1ccccc1NC(C)=O. The molecule has 104 valence electrons. The fourth-order valence-corrected chi connectivity index (χ4v) is 2.62. The standard InChI is InChI=1S/C13H18N2O3S/c1-8(16)15-11-6-4-3-5-9(11)12(19-2)7-10(14)13(17)18/h3-6,10,12H,7,14H2,1-2H3,(H,15,16)(H,17,18). The smallest absolute Gasteiger partial charge is 0.320 e. The zero-order chi connectivity index (χ0) is 14.4. The molecule has 0 fully saturated rings. The first-order valence-electron chi connectivity index (χ1n) is 5.83. The molecular formula is C13H18N2O3S. The number of carbonyl (C=O) groups excluding carboxylic acids is 1. The Morgan fingerprint density at radius 1 is 1.42 bits per heavy atom. The number of anilines is 1. The minimum Gasteiger partial charge on any atom is -0.480 e. The Kier molecular flexibility index (Phi) is 5.85. The maximum Gasteiger partial charge on any atom is 0.320 e. The zero-order valence-corrected chi connectivity index (χ0v) is 11.7. The summed E-state index contributed by atoms with van der Waals surface area (Å²) >= 11 is 1.52. The summed E-state index contributed by atoms with van der Waals surface area (Å²) in [7, 11) is 0. The number of thioether (sulfide) groups is 1. The monoisotopic (exact) mass is 282 g/mol. The summed E-state index contributed by atoms with van der Waals surface area (Å²) < 4.78 is 0. The van der Waals surface area contributed by atoms with Gasteiger partial charge in [0.25, 0.3) is 0 Å². The van der Waals surface area contributed by atoms with Gasteiger partial charge in [-0.3, -0.25) is 9.59 Å². The Hall–Kier alpha value is -1.53. The Morgan fingerprint density at radius 3 is 2.58 bits per heavy atom. The Balaban J connectivity index is 2.97. The van der Waals surface area contributed by atoms with Crippen LogP contribution in [0.1, 0.15) is 24.2 Å². The van der Waals surface area contributed by atoms with Crippen LogP contribution in [0.2, 0.25) is 0 Å². The van der Waals surface area contributed by atoms with Crippen LogP contribution in [0.3, 0.4) is 0 Å². The molecule has 0 aliphatic carbocycles. The summed E-state index contributed by atoms with van der Waals surface area (Å²) in [6, 6.07) is 6.44. The summed E-state index contributed by atoms with van der Waals surface area (Å²) in [5, 5.41) is 11.6. The van der Waals surface area contributed by atoms with Gasteiger partial charge < -0.3 is 16.2 Å². The number of aliphatic carboxylic acids is 1. The molecule has 2 atom stereocenters. The van der Waals surface area contributed by atoms with Gasteiger partial charge in [-0.1, -0.05) is 18.2 Å². The van der Waals surface area contributed by atoms with Gasteiger partial charge in [0, 0.05) is 17.9 Å². The molecule has 0 spiro atoms. The molecule has 0 saturated carbocycles. The van der Waals surface area contributed by atoms with Gasteiger partial charge in [0.1, 0.15) is 6.04 Å². The van der Waals surface area contributed by atoms with Gasteiger partial charge in [-0.2, -0.15) is 11.8 Å². The van der Waals surface area contributed by atoms with Crippen molar-refractivity contribution in [2.75, 3.05) is 11.6 Å². The van der Waals surface area contributed by atoms with Gasteiger partial charge in [0.15, 0.2) is 0 Å². The van der Waals surface area contributed by atoms with Crippen molar-refractivity contribution in [3.63, 3.8) is 0 Å². The topological polar surface area (TPSA) is 92.4 Å². The number of benzene rings is 1. The van der Waals surface area contributed by atoms with Crippen LogP contribution in [0.25, 0.3) is 0 Å². The minimum absolute atomic E-state index is 0.0749. The fourth-order valence-electron chi connectivity index (χ4n) is 1.76. The molecule has 0 aliphatic rings. The number of para-hydroxylation sites is 1. The lowest BCUT2D eigenvalue weighted by molar-refractivity contribution is -0.138. The number of nitrogens with one attached hydrogen (secondary N) is 1. The number of carboxylic acid groups (broad SMARTS) is 1. The molecule has 1 aromatic carbocycles. The largest absolute Gasteiger partial charge is 0.480 e. The molecule has 6 heteroatoms. The van der Waals surface area contributed by atoms with Gasteiger partial charge in [0.2, 0.25) is 5.91 Å². The van der Waals surface area contributed by atoms with Crippen LogP contribution >= 0.6 is 11.8 Å². The second kappa shape index (κ2) is 7.16. The molecule has 1 aromatic rings. The first kappa shape index (κ1) is 15.5. The third-order valence-corrected chi connectivity index (χ3v) is 3.70. The average Bonchev–Trinajstić information content (AvgIpc) is 2.35. The summed E-state index contributed by atoms with van der Waals surface area (Å²) in [6.45, 7) is 1.44. The maximum atomic E-state index is 11.2. The van der Waals surface area contributed by atoms with Crippen LogP contribution in [-0.2, 0) is 9.59 Å². The fraction of sp³-hybridized carbons (Fsp3) is 0.385. The highest BCUT2D eigenvalue weighted by atomic mass is 32.2. The minimum atomic E-state index is -1.02. The summed E-state index contributed by atoms with van der Waals surface area (Å²) in [4.78, 5) is 22.0. The van der Waals surface area contributed by atoms with E-state index in [0.717, 1.165) is 5.56 Å². The number of hydrogen-bond acceptors (Lipinski definition) is 4. The van der Waals surface area contributed by atoms with Crippen molar-refractivity contribution < 1.29 is 14.7 Å². The molecule has 0 heterocycles. The Labute approximate surface area is 116 Å². The average molecular weight is 282 g/mol. The third kappa shape index (κ3) is 4.57. The zero-order valence-electron chi connectivity index (χ0n) is 10.9. The molecule has 0 saturated heterocycles. The number of rotatable bonds is 6. The second-order valence-electron chi connectivity index (χ2n) is 4.17. The molecule has 1 amide bonds. The summed E-state index contributed by atoms with van der Waals surface area (Å²) in [6.07, 6.45) is 2.21. The third-order valence-electron chi connectivity index (χ3n) is 2.69. The van der Waals surface area contributed by atoms with Crippen LogP contribution in [-0.4, -0.2) is 29.3 Å². The Bertz CT molecular complexity index is 465. The van der Waals surface area contributed by atoms with Gasteiger partial charge in [-0.15, -0.1) is 0 Å². The number of nitrogens with two attached hydrogens (primary N) is 1. The lowest BCUT2D eigenvalue weighted by Crippen LogP contribution is -2.31. The predicted octanol–water partition coefficient (Wildman–Crippen LogP) is 1.85. The van der Waals surface area contributed by atoms with Crippen molar-refractivity contribution in [3.05, 3.63) is 29.8 Å². The van der Waals surface area contributed by atoms with E-state index in [-0.39, 0.29) is 11.2 Å². The van der Waals surface area contributed by atoms with Crippen molar-refractivity contribution in [1.29, 1.82) is 0 Å². The van der Waals surface area contributed by atoms with Crippen molar-refractivity contribution in [2.45, 2.75) is 24.6 Å². The van der Waals surface area contributed by atoms with E-state index < -0.39 is 12.0 Å². The molecule has 19 heavy (non-hydrogen) atoms. The van der Waals surface area contributed by atoms with Crippen LogP contribution < -0.4 is 11.1 Å².